The zero-order valence-corrected chi connectivity index (χ0v) is 12.5. The summed E-state index contributed by atoms with van der Waals surface area (Å²) in [6.45, 7) is 6.22. The second kappa shape index (κ2) is 7.57. The first-order valence-electron chi connectivity index (χ1n) is 7.32. The van der Waals surface area contributed by atoms with Crippen molar-refractivity contribution in [2.45, 2.75) is 26.7 Å². The molecule has 0 radical (unpaired) electrons. The molecule has 0 spiro atoms. The molecule has 4 nitrogen and oxygen atoms in total. The lowest BCUT2D eigenvalue weighted by molar-refractivity contribution is 0.628. The fourth-order valence-electron chi connectivity index (χ4n) is 2.18. The average molecular weight is 288 g/mol. The van der Waals surface area contributed by atoms with Crippen LogP contribution < -0.4 is 10.2 Å². The molecular weight excluding hydrogens is 267 g/mol. The lowest BCUT2D eigenvalue weighted by Gasteiger charge is -2.22. The van der Waals surface area contributed by atoms with E-state index in [0.717, 1.165) is 31.7 Å². The summed E-state index contributed by atoms with van der Waals surface area (Å²) in [7, 11) is 0. The van der Waals surface area contributed by atoms with E-state index in [0.29, 0.717) is 11.5 Å². The smallest absolute Gasteiger partial charge is 0.135 e. The van der Waals surface area contributed by atoms with E-state index >= 15 is 0 Å². The summed E-state index contributed by atoms with van der Waals surface area (Å²) in [5, 5.41) is 3.11. The lowest BCUT2D eigenvalue weighted by atomic mass is 10.3. The fraction of sp³-hybridized carbons (Fsp3) is 0.375. The standard InChI is InChI=1S/C16H21FN4/c1-3-8-21(9-4-2)16-11-15(18-12-19-16)20-14-7-5-6-13(17)10-14/h5-7,10-12H,3-4,8-9H2,1-2H3,(H,18,19,20). The Balaban J connectivity index is 2.16. The lowest BCUT2D eigenvalue weighted by Crippen LogP contribution is -2.25. The Morgan fingerprint density at radius 2 is 1.86 bits per heavy atom. The van der Waals surface area contributed by atoms with Gasteiger partial charge in [-0.1, -0.05) is 19.9 Å². The Morgan fingerprint density at radius 3 is 2.52 bits per heavy atom. The van der Waals surface area contributed by atoms with Crippen LogP contribution in [0.15, 0.2) is 36.7 Å². The molecule has 0 unspecified atom stereocenters. The number of anilines is 3. The van der Waals surface area contributed by atoms with Gasteiger partial charge in [-0.2, -0.15) is 0 Å². The topological polar surface area (TPSA) is 41.0 Å². The third-order valence-electron chi connectivity index (χ3n) is 3.06. The molecule has 21 heavy (non-hydrogen) atoms. The molecule has 0 saturated carbocycles. The zero-order valence-electron chi connectivity index (χ0n) is 12.5. The van der Waals surface area contributed by atoms with Gasteiger partial charge in [-0.05, 0) is 31.0 Å². The number of halogens is 1. The van der Waals surface area contributed by atoms with E-state index in [1.54, 1.807) is 12.1 Å². The second-order valence-electron chi connectivity index (χ2n) is 4.88. The van der Waals surface area contributed by atoms with Gasteiger partial charge in [-0.25, -0.2) is 14.4 Å². The van der Waals surface area contributed by atoms with Crippen molar-refractivity contribution in [1.82, 2.24) is 9.97 Å². The Labute approximate surface area is 125 Å². The summed E-state index contributed by atoms with van der Waals surface area (Å²) in [5.74, 6) is 1.29. The van der Waals surface area contributed by atoms with Crippen LogP contribution in [0.4, 0.5) is 21.7 Å². The van der Waals surface area contributed by atoms with E-state index in [-0.39, 0.29) is 5.82 Å². The molecule has 2 rings (SSSR count). The Hall–Kier alpha value is -2.17. The van der Waals surface area contributed by atoms with Crippen LogP contribution >= 0.6 is 0 Å². The van der Waals surface area contributed by atoms with E-state index in [9.17, 15) is 4.39 Å². The maximum absolute atomic E-state index is 13.2. The maximum atomic E-state index is 13.2. The van der Waals surface area contributed by atoms with Gasteiger partial charge < -0.3 is 10.2 Å². The van der Waals surface area contributed by atoms with Crippen molar-refractivity contribution in [2.75, 3.05) is 23.3 Å². The zero-order chi connectivity index (χ0) is 15.1. The summed E-state index contributed by atoms with van der Waals surface area (Å²) in [6, 6.07) is 8.23. The summed E-state index contributed by atoms with van der Waals surface area (Å²) in [4.78, 5) is 10.8. The molecule has 112 valence electrons. The molecule has 0 aliphatic heterocycles. The van der Waals surface area contributed by atoms with Crippen molar-refractivity contribution in [1.29, 1.82) is 0 Å². The first kappa shape index (κ1) is 15.2. The Kier molecular flexibility index (Phi) is 5.49. The number of hydrogen-bond acceptors (Lipinski definition) is 4. The number of aromatic nitrogens is 2. The van der Waals surface area contributed by atoms with Gasteiger partial charge in [-0.3, -0.25) is 0 Å². The van der Waals surface area contributed by atoms with Crippen LogP contribution in [0.1, 0.15) is 26.7 Å². The highest BCUT2D eigenvalue weighted by molar-refractivity contribution is 5.59. The molecule has 2 aromatic rings. The number of nitrogens with zero attached hydrogens (tertiary/aromatic N) is 3. The molecule has 0 fully saturated rings. The van der Waals surface area contributed by atoms with Crippen molar-refractivity contribution in [3.63, 3.8) is 0 Å². The molecule has 0 aliphatic carbocycles. The highest BCUT2D eigenvalue weighted by Crippen LogP contribution is 2.19. The van der Waals surface area contributed by atoms with Crippen molar-refractivity contribution in [3.8, 4) is 0 Å². The minimum absolute atomic E-state index is 0.270. The largest absolute Gasteiger partial charge is 0.356 e. The third kappa shape index (κ3) is 4.41. The van der Waals surface area contributed by atoms with Crippen LogP contribution in [0.25, 0.3) is 0 Å². The minimum Gasteiger partial charge on any atom is -0.356 e. The summed E-state index contributed by atoms with van der Waals surface area (Å²) >= 11 is 0. The first-order valence-corrected chi connectivity index (χ1v) is 7.32. The quantitative estimate of drug-likeness (QED) is 0.836. The van der Waals surface area contributed by atoms with Crippen LogP contribution in [0, 0.1) is 5.82 Å². The van der Waals surface area contributed by atoms with Crippen LogP contribution in [0.5, 0.6) is 0 Å². The van der Waals surface area contributed by atoms with E-state index in [4.69, 9.17) is 0 Å². The predicted octanol–water partition coefficient (Wildman–Crippen LogP) is 3.99. The van der Waals surface area contributed by atoms with Gasteiger partial charge >= 0.3 is 0 Å². The van der Waals surface area contributed by atoms with Gasteiger partial charge in [0.15, 0.2) is 0 Å². The van der Waals surface area contributed by atoms with Crippen molar-refractivity contribution in [3.05, 3.63) is 42.5 Å². The number of benzene rings is 1. The Morgan fingerprint density at radius 1 is 1.10 bits per heavy atom. The summed E-state index contributed by atoms with van der Waals surface area (Å²) < 4.78 is 13.2. The third-order valence-corrected chi connectivity index (χ3v) is 3.06. The monoisotopic (exact) mass is 288 g/mol. The molecule has 5 heteroatoms. The summed E-state index contributed by atoms with van der Waals surface area (Å²) in [5.41, 5.74) is 0.678. The average Bonchev–Trinajstić information content (AvgIpc) is 2.47. The molecular formula is C16H21FN4. The maximum Gasteiger partial charge on any atom is 0.135 e. The van der Waals surface area contributed by atoms with E-state index in [1.807, 2.05) is 6.07 Å². The van der Waals surface area contributed by atoms with Gasteiger partial charge in [0.2, 0.25) is 0 Å². The first-order chi connectivity index (χ1) is 10.2. The van der Waals surface area contributed by atoms with Gasteiger partial charge in [0, 0.05) is 24.8 Å². The second-order valence-corrected chi connectivity index (χ2v) is 4.88. The highest BCUT2D eigenvalue weighted by atomic mass is 19.1. The van der Waals surface area contributed by atoms with Crippen LogP contribution in [-0.2, 0) is 0 Å². The molecule has 1 aromatic carbocycles. The predicted molar refractivity (Wildman–Crippen MR) is 84.5 cm³/mol. The van der Waals surface area contributed by atoms with Gasteiger partial charge in [0.25, 0.3) is 0 Å². The van der Waals surface area contributed by atoms with E-state index in [1.165, 1.54) is 18.5 Å². The van der Waals surface area contributed by atoms with Crippen molar-refractivity contribution < 1.29 is 4.39 Å². The van der Waals surface area contributed by atoms with Gasteiger partial charge in [0.05, 0.1) is 0 Å². The molecule has 1 heterocycles. The van der Waals surface area contributed by atoms with Crippen LogP contribution in [-0.4, -0.2) is 23.1 Å². The van der Waals surface area contributed by atoms with E-state index in [2.05, 4.69) is 34.0 Å². The fourth-order valence-corrected chi connectivity index (χ4v) is 2.18. The molecule has 0 bridgehead atoms. The van der Waals surface area contributed by atoms with Crippen LogP contribution in [0.3, 0.4) is 0 Å². The number of rotatable bonds is 7. The number of hydrogen-bond donors (Lipinski definition) is 1. The molecule has 1 N–H and O–H groups in total. The Bertz CT molecular complexity index is 568. The highest BCUT2D eigenvalue weighted by Gasteiger charge is 2.07. The number of nitrogens with one attached hydrogen (secondary N) is 1. The molecule has 0 atom stereocenters. The van der Waals surface area contributed by atoms with Crippen molar-refractivity contribution >= 4 is 17.3 Å². The summed E-state index contributed by atoms with van der Waals surface area (Å²) in [6.07, 6.45) is 3.67. The van der Waals surface area contributed by atoms with Gasteiger partial charge in [0.1, 0.15) is 23.8 Å². The molecule has 0 amide bonds. The minimum atomic E-state index is -0.270. The molecule has 0 saturated heterocycles. The molecule has 0 aliphatic rings. The molecule has 1 aromatic heterocycles. The normalized spacial score (nSPS) is 10.4. The van der Waals surface area contributed by atoms with E-state index < -0.39 is 0 Å². The van der Waals surface area contributed by atoms with Crippen molar-refractivity contribution in [2.24, 2.45) is 0 Å². The van der Waals surface area contributed by atoms with Crippen LogP contribution in [0.2, 0.25) is 0 Å². The SMILES string of the molecule is CCCN(CCC)c1cc(Nc2cccc(F)c2)ncn1. The van der Waals surface area contributed by atoms with Gasteiger partial charge in [-0.15, -0.1) is 0 Å².